The molecule has 0 aliphatic heterocycles. The molecule has 96 valence electrons. The van der Waals surface area contributed by atoms with E-state index in [1.807, 2.05) is 0 Å². The molecule has 0 saturated heterocycles. The van der Waals surface area contributed by atoms with Crippen LogP contribution in [0.3, 0.4) is 0 Å². The van der Waals surface area contributed by atoms with Gasteiger partial charge in [-0.3, -0.25) is 0 Å². The first-order valence-corrected chi connectivity index (χ1v) is 11.2. The molecule has 2 rings (SSSR count). The summed E-state index contributed by atoms with van der Waals surface area (Å²) in [7, 11) is -0.945. The van der Waals surface area contributed by atoms with Crippen molar-refractivity contribution in [2.24, 2.45) is 0 Å². The molecule has 1 fully saturated rings. The molecule has 2 nitrogen and oxygen atoms in total. The molecule has 0 unspecified atom stereocenters. The van der Waals surface area contributed by atoms with Gasteiger partial charge in [-0.15, -0.1) is 0 Å². The van der Waals surface area contributed by atoms with Crippen molar-refractivity contribution in [2.45, 2.75) is 51.2 Å². The Morgan fingerprint density at radius 2 is 2.06 bits per heavy atom. The van der Waals surface area contributed by atoms with Crippen LogP contribution in [0.5, 0.6) is 0 Å². The van der Waals surface area contributed by atoms with Gasteiger partial charge in [-0.2, -0.15) is 0 Å². The number of hydrogen-bond acceptors (Lipinski definition) is 1. The first-order valence-electron chi connectivity index (χ1n) is 6.39. The second kappa shape index (κ2) is 5.44. The van der Waals surface area contributed by atoms with Gasteiger partial charge in [-0.25, -0.2) is 0 Å². The summed E-state index contributed by atoms with van der Waals surface area (Å²) in [6.07, 6.45) is 7.23. The van der Waals surface area contributed by atoms with Crippen molar-refractivity contribution in [1.82, 2.24) is 4.57 Å². The third kappa shape index (κ3) is 4.41. The minimum atomic E-state index is -0.945. The van der Waals surface area contributed by atoms with E-state index in [1.165, 1.54) is 28.0 Å². The van der Waals surface area contributed by atoms with Gasteiger partial charge in [0.15, 0.2) is 0 Å². The van der Waals surface area contributed by atoms with Crippen LogP contribution in [0, 0.1) is 3.57 Å². The topological polar surface area (TPSA) is 14.2 Å². The van der Waals surface area contributed by atoms with Crippen LogP contribution in [0.25, 0.3) is 0 Å². The average Bonchev–Trinajstić information content (AvgIpc) is 2.97. The van der Waals surface area contributed by atoms with Crippen LogP contribution in [0.2, 0.25) is 25.7 Å². The smallest absolute Gasteiger partial charge is 0.122 e. The highest BCUT2D eigenvalue weighted by molar-refractivity contribution is 14.1. The summed E-state index contributed by atoms with van der Waals surface area (Å²) in [6, 6.07) is 1.25. The Morgan fingerprint density at radius 1 is 1.35 bits per heavy atom. The number of halogens is 1. The van der Waals surface area contributed by atoms with Crippen molar-refractivity contribution in [1.29, 1.82) is 0 Å². The number of rotatable bonds is 6. The van der Waals surface area contributed by atoms with Gasteiger partial charge in [0.05, 0.1) is 0 Å². The van der Waals surface area contributed by atoms with Gasteiger partial charge < -0.3 is 9.30 Å². The van der Waals surface area contributed by atoms with E-state index >= 15 is 0 Å². The van der Waals surface area contributed by atoms with E-state index in [2.05, 4.69) is 59.2 Å². The molecule has 0 bridgehead atoms. The van der Waals surface area contributed by atoms with Gasteiger partial charge in [0.1, 0.15) is 6.73 Å². The molecule has 0 radical (unpaired) electrons. The first-order chi connectivity index (χ1) is 7.96. The highest BCUT2D eigenvalue weighted by Crippen LogP contribution is 2.42. The predicted octanol–water partition coefficient (Wildman–Crippen LogP) is 4.28. The SMILES string of the molecule is C[Si](C)(C)CCOCn1cc(I)c(C2CC2)c1. The zero-order valence-electron chi connectivity index (χ0n) is 11.0. The highest BCUT2D eigenvalue weighted by Gasteiger charge is 2.26. The second-order valence-electron chi connectivity index (χ2n) is 6.20. The van der Waals surface area contributed by atoms with Gasteiger partial charge in [0.2, 0.25) is 0 Å². The van der Waals surface area contributed by atoms with Crippen LogP contribution in [-0.4, -0.2) is 19.2 Å². The Hall–Kier alpha value is 0.187. The maximum Gasteiger partial charge on any atom is 0.122 e. The zero-order valence-corrected chi connectivity index (χ0v) is 14.2. The fraction of sp³-hybridized carbons (Fsp3) is 0.692. The lowest BCUT2D eigenvalue weighted by Gasteiger charge is -2.15. The second-order valence-corrected chi connectivity index (χ2v) is 13.0. The summed E-state index contributed by atoms with van der Waals surface area (Å²) < 4.78 is 9.35. The highest BCUT2D eigenvalue weighted by atomic mass is 127. The first kappa shape index (κ1) is 13.6. The number of ether oxygens (including phenoxy) is 1. The molecule has 1 saturated carbocycles. The van der Waals surface area contributed by atoms with Crippen LogP contribution >= 0.6 is 22.6 Å². The Morgan fingerprint density at radius 3 is 2.65 bits per heavy atom. The summed E-state index contributed by atoms with van der Waals surface area (Å²) in [4.78, 5) is 0. The normalized spacial score (nSPS) is 16.5. The van der Waals surface area contributed by atoms with E-state index in [0.717, 1.165) is 12.5 Å². The lowest BCUT2D eigenvalue weighted by atomic mass is 10.2. The van der Waals surface area contributed by atoms with Gasteiger partial charge in [0.25, 0.3) is 0 Å². The van der Waals surface area contributed by atoms with E-state index in [0.29, 0.717) is 6.73 Å². The molecule has 17 heavy (non-hydrogen) atoms. The largest absolute Gasteiger partial charge is 0.361 e. The number of nitrogens with zero attached hydrogens (tertiary/aromatic N) is 1. The molecule has 4 heteroatoms. The molecule has 1 aromatic heterocycles. The molecular formula is C13H22INOSi. The maximum absolute atomic E-state index is 5.76. The molecule has 0 spiro atoms. The standard InChI is InChI=1S/C13H22INOSi/c1-17(2,3)7-6-16-10-15-8-12(11-4-5-11)13(14)9-15/h8-9,11H,4-7,10H2,1-3H3. The lowest BCUT2D eigenvalue weighted by molar-refractivity contribution is 0.0873. The van der Waals surface area contributed by atoms with Crippen LogP contribution in [0.15, 0.2) is 12.4 Å². The molecule has 0 aromatic carbocycles. The van der Waals surface area contributed by atoms with Crippen molar-refractivity contribution in [3.63, 3.8) is 0 Å². The van der Waals surface area contributed by atoms with Gasteiger partial charge in [-0.1, -0.05) is 19.6 Å². The van der Waals surface area contributed by atoms with E-state index in [9.17, 15) is 0 Å². The third-order valence-electron chi connectivity index (χ3n) is 3.11. The van der Waals surface area contributed by atoms with Crippen LogP contribution in [-0.2, 0) is 11.5 Å². The molecular weight excluding hydrogens is 341 g/mol. The van der Waals surface area contributed by atoms with Crippen molar-refractivity contribution < 1.29 is 4.74 Å². The Balaban J connectivity index is 1.77. The summed E-state index contributed by atoms with van der Waals surface area (Å²) >= 11 is 2.44. The van der Waals surface area contributed by atoms with E-state index in [1.54, 1.807) is 0 Å². The van der Waals surface area contributed by atoms with Crippen molar-refractivity contribution in [3.8, 4) is 0 Å². The summed E-state index contributed by atoms with van der Waals surface area (Å²) in [5.74, 6) is 0.838. The zero-order chi connectivity index (χ0) is 12.5. The molecule has 1 heterocycles. The average molecular weight is 363 g/mol. The summed E-state index contributed by atoms with van der Waals surface area (Å²) in [5, 5.41) is 0. The summed E-state index contributed by atoms with van der Waals surface area (Å²) in [6.45, 7) is 8.79. The van der Waals surface area contributed by atoms with Crippen LogP contribution < -0.4 is 0 Å². The Bertz CT molecular complexity index is 379. The monoisotopic (exact) mass is 363 g/mol. The lowest BCUT2D eigenvalue weighted by Crippen LogP contribution is -2.21. The van der Waals surface area contributed by atoms with Crippen molar-refractivity contribution in [2.75, 3.05) is 6.61 Å². The fourth-order valence-corrected chi connectivity index (χ4v) is 3.51. The van der Waals surface area contributed by atoms with Gasteiger partial charge >= 0.3 is 0 Å². The van der Waals surface area contributed by atoms with Crippen LogP contribution in [0.4, 0.5) is 0 Å². The molecule has 0 N–H and O–H groups in total. The molecule has 1 aliphatic carbocycles. The fourth-order valence-electron chi connectivity index (χ4n) is 1.82. The van der Waals surface area contributed by atoms with E-state index in [4.69, 9.17) is 4.74 Å². The summed E-state index contributed by atoms with van der Waals surface area (Å²) in [5.41, 5.74) is 1.53. The third-order valence-corrected chi connectivity index (χ3v) is 5.72. The maximum atomic E-state index is 5.76. The van der Waals surface area contributed by atoms with Gasteiger partial charge in [-0.05, 0) is 53.0 Å². The predicted molar refractivity (Wildman–Crippen MR) is 83.2 cm³/mol. The Kier molecular flexibility index (Phi) is 4.36. The van der Waals surface area contributed by atoms with Gasteiger partial charge in [0, 0.05) is 30.6 Å². The van der Waals surface area contributed by atoms with E-state index in [-0.39, 0.29) is 0 Å². The Labute approximate surface area is 119 Å². The molecule has 0 amide bonds. The molecule has 0 atom stereocenters. The van der Waals surface area contributed by atoms with Crippen molar-refractivity contribution in [3.05, 3.63) is 21.5 Å². The molecule has 1 aromatic rings. The minimum absolute atomic E-state index is 0.715. The quantitative estimate of drug-likeness (QED) is 0.418. The minimum Gasteiger partial charge on any atom is -0.361 e. The number of aromatic nitrogens is 1. The van der Waals surface area contributed by atoms with Crippen molar-refractivity contribution >= 4 is 30.7 Å². The number of hydrogen-bond donors (Lipinski definition) is 0. The molecule has 1 aliphatic rings. The van der Waals surface area contributed by atoms with Crippen LogP contribution in [0.1, 0.15) is 24.3 Å². The van der Waals surface area contributed by atoms with E-state index < -0.39 is 8.07 Å².